The van der Waals surface area contributed by atoms with Crippen molar-refractivity contribution in [2.45, 2.75) is 132 Å². The number of aromatic nitrogens is 6. The number of nitrogens with zero attached hydrogens (tertiary/aromatic N) is 6. The molecule has 6 aromatic rings. The van der Waals surface area contributed by atoms with Crippen molar-refractivity contribution in [2.75, 3.05) is 33.9 Å². The third-order valence-corrected chi connectivity index (χ3v) is 12.3. The van der Waals surface area contributed by atoms with E-state index < -0.39 is 12.1 Å². The summed E-state index contributed by atoms with van der Waals surface area (Å²) >= 11 is 0. The van der Waals surface area contributed by atoms with Gasteiger partial charge in [0.25, 0.3) is 0 Å². The van der Waals surface area contributed by atoms with Crippen LogP contribution in [0.4, 0.5) is 4.79 Å². The van der Waals surface area contributed by atoms with Crippen LogP contribution in [0, 0.1) is 11.3 Å². The average Bonchev–Trinajstić information content (AvgIpc) is 4.23. The summed E-state index contributed by atoms with van der Waals surface area (Å²) in [5.41, 5.74) is 14.6. The molecule has 16 nitrogen and oxygen atoms in total. The molecular formula is C58H80N10O6. The first-order valence-electron chi connectivity index (χ1n) is 25.8. The number of carbonyl (C=O) groups excluding carboxylic acids is 4. The van der Waals surface area contributed by atoms with E-state index in [4.69, 9.17) is 19.3 Å². The van der Waals surface area contributed by atoms with Gasteiger partial charge in [-0.3, -0.25) is 24.6 Å². The van der Waals surface area contributed by atoms with Gasteiger partial charge in [0.05, 0.1) is 42.0 Å². The van der Waals surface area contributed by atoms with Crippen LogP contribution in [0.3, 0.4) is 0 Å². The van der Waals surface area contributed by atoms with E-state index in [1.54, 1.807) is 0 Å². The molecule has 2 aliphatic heterocycles. The van der Waals surface area contributed by atoms with E-state index in [1.807, 2.05) is 41.8 Å². The number of nitrogens with two attached hydrogens (primary N) is 1. The van der Waals surface area contributed by atoms with Crippen LogP contribution in [-0.4, -0.2) is 104 Å². The highest BCUT2D eigenvalue weighted by Gasteiger charge is 2.37. The predicted molar refractivity (Wildman–Crippen MR) is 293 cm³/mol. The zero-order valence-corrected chi connectivity index (χ0v) is 45.9. The van der Waals surface area contributed by atoms with E-state index in [2.05, 4.69) is 171 Å². The molecule has 4 amide bonds. The molecule has 398 valence electrons. The number of methoxy groups -OCH3 is 2. The van der Waals surface area contributed by atoms with E-state index in [-0.39, 0.29) is 48.2 Å². The number of primary amides is 1. The van der Waals surface area contributed by atoms with Gasteiger partial charge in [0.15, 0.2) is 5.82 Å². The molecule has 0 saturated carbocycles. The Balaban J connectivity index is 0.000000842. The molecule has 0 aliphatic carbocycles. The minimum absolute atomic E-state index is 0.0120. The van der Waals surface area contributed by atoms with Crippen LogP contribution in [0.2, 0.25) is 0 Å². The number of alkyl carbamates (subject to hydrolysis) is 1. The molecule has 2 unspecified atom stereocenters. The van der Waals surface area contributed by atoms with Crippen molar-refractivity contribution in [2.24, 2.45) is 17.1 Å². The van der Waals surface area contributed by atoms with Crippen molar-refractivity contribution in [1.82, 2.24) is 45.1 Å². The SMILES string of the molecule is CC(C)(C)C.CCC.COCC(=O)N1CCCC1c1nc(-c2ccc(-c3ccc(-c4ccc(-c5cc([C@@H]6CCCN6C(=O)C(NC(=O)OC)C(C)C)[nH]n5)cc4)n3-c3ccc(C(C)(C)C)cc3)cc2)n[nH]1.NC=O. The van der Waals surface area contributed by atoms with Gasteiger partial charge >= 0.3 is 6.09 Å². The lowest BCUT2D eigenvalue weighted by atomic mass is 9.87. The number of hydrogen-bond acceptors (Lipinski definition) is 9. The number of benzene rings is 3. The van der Waals surface area contributed by atoms with Crippen LogP contribution >= 0.6 is 0 Å². The van der Waals surface area contributed by atoms with Crippen molar-refractivity contribution < 1.29 is 28.7 Å². The molecule has 0 spiro atoms. The maximum atomic E-state index is 13.7. The molecule has 3 aromatic carbocycles. The molecule has 2 saturated heterocycles. The Kier molecular flexibility index (Phi) is 20.5. The van der Waals surface area contributed by atoms with Gasteiger partial charge in [-0.15, -0.1) is 0 Å². The van der Waals surface area contributed by atoms with Crippen LogP contribution < -0.4 is 11.1 Å². The summed E-state index contributed by atoms with van der Waals surface area (Å²) in [6.45, 7) is 24.8. The first kappa shape index (κ1) is 57.8. The second-order valence-electron chi connectivity index (χ2n) is 21.7. The normalized spacial score (nSPS) is 15.8. The molecular weight excluding hydrogens is 933 g/mol. The Hall–Kier alpha value is -7.07. The maximum absolute atomic E-state index is 13.7. The number of rotatable bonds is 12. The lowest BCUT2D eigenvalue weighted by molar-refractivity contribution is -0.136. The Morgan fingerprint density at radius 3 is 1.78 bits per heavy atom. The topological polar surface area (TPSA) is 206 Å². The van der Waals surface area contributed by atoms with Gasteiger partial charge in [-0.1, -0.05) is 143 Å². The van der Waals surface area contributed by atoms with Gasteiger partial charge in [-0.05, 0) is 89.5 Å². The van der Waals surface area contributed by atoms with Crippen LogP contribution in [0.15, 0.2) is 91.0 Å². The number of aromatic amines is 2. The highest BCUT2D eigenvalue weighted by Crippen LogP contribution is 2.38. The second-order valence-corrected chi connectivity index (χ2v) is 21.7. The van der Waals surface area contributed by atoms with Crippen molar-refractivity contribution >= 4 is 24.3 Å². The summed E-state index contributed by atoms with van der Waals surface area (Å²) in [5.74, 6) is 0.991. The number of ether oxygens (including phenoxy) is 2. The quantitative estimate of drug-likeness (QED) is 0.0859. The molecule has 8 rings (SSSR count). The number of H-pyrrole nitrogens is 2. The van der Waals surface area contributed by atoms with E-state index >= 15 is 0 Å². The van der Waals surface area contributed by atoms with E-state index in [1.165, 1.54) is 26.2 Å². The molecule has 74 heavy (non-hydrogen) atoms. The zero-order valence-electron chi connectivity index (χ0n) is 45.9. The van der Waals surface area contributed by atoms with Crippen molar-refractivity contribution in [3.05, 3.63) is 108 Å². The largest absolute Gasteiger partial charge is 0.453 e. The predicted octanol–water partition coefficient (Wildman–Crippen LogP) is 11.2. The zero-order chi connectivity index (χ0) is 54.3. The molecule has 0 bridgehead atoms. The second kappa shape index (κ2) is 26.2. The van der Waals surface area contributed by atoms with Crippen LogP contribution in [0.25, 0.3) is 50.8 Å². The van der Waals surface area contributed by atoms with Crippen molar-refractivity contribution in [3.8, 4) is 50.8 Å². The first-order chi connectivity index (χ1) is 35.2. The minimum Gasteiger partial charge on any atom is -0.453 e. The minimum atomic E-state index is -0.689. The third-order valence-electron chi connectivity index (χ3n) is 12.3. The maximum Gasteiger partial charge on any atom is 0.407 e. The number of nitrogens with one attached hydrogen (secondary N) is 3. The van der Waals surface area contributed by atoms with Gasteiger partial charge < -0.3 is 34.9 Å². The van der Waals surface area contributed by atoms with E-state index in [0.29, 0.717) is 30.2 Å². The summed E-state index contributed by atoms with van der Waals surface area (Å²) in [4.78, 5) is 55.5. The summed E-state index contributed by atoms with van der Waals surface area (Å²) in [6.07, 6.45) is 4.27. The standard InChI is InChI=1S/C49H57N9O5.C5H12.C3H8.CH3NO/c1-30(2)44(50-48(61)63-7)47(60)57-27-8-10-41(57)38-28-37(52-53-38)31-12-14-32(15-13-31)39-24-25-40(58(39)36-22-20-35(21-23-36)49(3,4)5)33-16-18-34(19-17-33)45-51-46(55-54-45)42-11-9-26-56(42)43(59)29-62-6;1-5(2,3)4;1-3-2;2-1-3/h12-25,28,30,41-42,44H,8-11,26-27,29H2,1-7H3,(H,50,61)(H,52,53)(H,51,54,55);1-4H3;3H2,1-2H3;1H,(H2,2,3)/t41-,42?,44?;;;/m0.../s1. The molecule has 2 fully saturated rings. The number of carbonyl (C=O) groups is 4. The summed E-state index contributed by atoms with van der Waals surface area (Å²) in [6, 6.07) is 30.8. The molecule has 3 aromatic heterocycles. The monoisotopic (exact) mass is 1010 g/mol. The van der Waals surface area contributed by atoms with Crippen LogP contribution in [0.5, 0.6) is 0 Å². The molecule has 0 radical (unpaired) electrons. The molecule has 3 atom stereocenters. The summed E-state index contributed by atoms with van der Waals surface area (Å²) < 4.78 is 12.2. The Labute approximate surface area is 438 Å². The fraction of sp³-hybridized carbons (Fsp3) is 0.466. The fourth-order valence-corrected chi connectivity index (χ4v) is 8.87. The van der Waals surface area contributed by atoms with Gasteiger partial charge in [0.1, 0.15) is 18.5 Å². The van der Waals surface area contributed by atoms with Gasteiger partial charge in [-0.2, -0.15) is 10.2 Å². The first-order valence-corrected chi connectivity index (χ1v) is 25.8. The molecule has 5 N–H and O–H groups in total. The Morgan fingerprint density at radius 1 is 0.757 bits per heavy atom. The van der Waals surface area contributed by atoms with Gasteiger partial charge in [0, 0.05) is 37.0 Å². The van der Waals surface area contributed by atoms with Gasteiger partial charge in [-0.25, -0.2) is 9.78 Å². The summed E-state index contributed by atoms with van der Waals surface area (Å²) in [5, 5.41) is 18.3. The number of hydrogen-bond donors (Lipinski definition) is 4. The highest BCUT2D eigenvalue weighted by atomic mass is 16.5. The average molecular weight is 1010 g/mol. The number of amides is 4. The molecule has 2 aliphatic rings. The number of likely N-dealkylation sites (tertiary alicyclic amines) is 2. The van der Waals surface area contributed by atoms with Gasteiger partial charge in [0.2, 0.25) is 18.2 Å². The van der Waals surface area contributed by atoms with Crippen LogP contribution in [0.1, 0.15) is 137 Å². The summed E-state index contributed by atoms with van der Waals surface area (Å²) in [7, 11) is 2.83. The fourth-order valence-electron chi connectivity index (χ4n) is 8.87. The van der Waals surface area contributed by atoms with E-state index in [9.17, 15) is 14.4 Å². The van der Waals surface area contributed by atoms with Crippen molar-refractivity contribution in [3.63, 3.8) is 0 Å². The molecule has 16 heteroatoms. The lowest BCUT2D eigenvalue weighted by Gasteiger charge is -2.30. The Bertz CT molecular complexity index is 2720. The molecule has 5 heterocycles. The lowest BCUT2D eigenvalue weighted by Crippen LogP contribution is -2.51. The highest BCUT2D eigenvalue weighted by molar-refractivity contribution is 5.86. The van der Waals surface area contributed by atoms with E-state index in [0.717, 1.165) is 76.4 Å². The Morgan fingerprint density at radius 2 is 1.27 bits per heavy atom. The van der Waals surface area contributed by atoms with Crippen LogP contribution in [-0.2, 0) is 29.3 Å². The smallest absolute Gasteiger partial charge is 0.407 e. The van der Waals surface area contributed by atoms with Crippen molar-refractivity contribution in [1.29, 1.82) is 0 Å². The third kappa shape index (κ3) is 15.0.